The minimum Gasteiger partial charge on any atom is -0.269 e. The van der Waals surface area contributed by atoms with E-state index in [1.54, 1.807) is 0 Å². The van der Waals surface area contributed by atoms with E-state index in [-0.39, 0.29) is 17.9 Å². The van der Waals surface area contributed by atoms with Gasteiger partial charge >= 0.3 is 0 Å². The van der Waals surface area contributed by atoms with Gasteiger partial charge in [0.2, 0.25) is 0 Å². The highest BCUT2D eigenvalue weighted by atomic mass is 16.2. The van der Waals surface area contributed by atoms with Crippen molar-refractivity contribution in [3.63, 3.8) is 0 Å². The van der Waals surface area contributed by atoms with Crippen molar-refractivity contribution in [1.82, 2.24) is 4.90 Å². The fourth-order valence-corrected chi connectivity index (χ4v) is 2.03. The fraction of sp³-hybridized carbons (Fsp3) is 0.214. The number of carbonyl (C=O) groups is 2. The first-order chi connectivity index (χ1) is 8.24. The highest BCUT2D eigenvalue weighted by Crippen LogP contribution is 2.28. The van der Waals surface area contributed by atoms with E-state index in [1.165, 1.54) is 17.1 Å². The van der Waals surface area contributed by atoms with E-state index in [4.69, 9.17) is 0 Å². The molecule has 0 saturated carbocycles. The summed E-state index contributed by atoms with van der Waals surface area (Å²) in [5.74, 6) is -0.477. The number of hydrogen-bond donors (Lipinski definition) is 0. The lowest BCUT2D eigenvalue weighted by molar-refractivity contribution is -0.139. The standard InChI is InChI=1S/C14H14NO2/c1-2-6-12(11-7-4-3-5-8-11)15-13(16)9-10-14(15)17/h3-5,7-10,12H,1-2,6H2. The minimum atomic E-state index is -0.239. The number of carbonyl (C=O) groups excluding carboxylic acids is 2. The van der Waals surface area contributed by atoms with Gasteiger partial charge in [-0.1, -0.05) is 43.7 Å². The third-order valence-electron chi connectivity index (χ3n) is 2.82. The molecule has 1 aromatic carbocycles. The number of imide groups is 1. The summed E-state index contributed by atoms with van der Waals surface area (Å²) < 4.78 is 0. The molecule has 0 aliphatic carbocycles. The molecule has 1 heterocycles. The predicted octanol–water partition coefficient (Wildman–Crippen LogP) is 2.27. The summed E-state index contributed by atoms with van der Waals surface area (Å²) in [6.07, 6.45) is 4.00. The van der Waals surface area contributed by atoms with Gasteiger partial charge < -0.3 is 0 Å². The van der Waals surface area contributed by atoms with Crippen LogP contribution in [0.5, 0.6) is 0 Å². The second-order valence-electron chi connectivity index (χ2n) is 3.95. The Hall–Kier alpha value is -1.90. The van der Waals surface area contributed by atoms with Crippen molar-refractivity contribution in [3.8, 4) is 0 Å². The Labute approximate surface area is 101 Å². The number of hydrogen-bond acceptors (Lipinski definition) is 2. The molecule has 0 N–H and O–H groups in total. The van der Waals surface area contributed by atoms with E-state index < -0.39 is 0 Å². The summed E-state index contributed by atoms with van der Waals surface area (Å²) in [6.45, 7) is 3.80. The largest absolute Gasteiger partial charge is 0.269 e. The van der Waals surface area contributed by atoms with Gasteiger partial charge in [-0.25, -0.2) is 0 Å². The first kappa shape index (κ1) is 11.6. The molecule has 1 aliphatic rings. The van der Waals surface area contributed by atoms with Gasteiger partial charge in [0.25, 0.3) is 11.8 Å². The summed E-state index contributed by atoms with van der Waals surface area (Å²) in [6, 6.07) is 9.38. The molecule has 17 heavy (non-hydrogen) atoms. The molecule has 2 rings (SSSR count). The van der Waals surface area contributed by atoms with Gasteiger partial charge in [0.15, 0.2) is 0 Å². The Morgan fingerprint density at radius 2 is 1.65 bits per heavy atom. The first-order valence-electron chi connectivity index (χ1n) is 5.63. The lowest BCUT2D eigenvalue weighted by Gasteiger charge is -2.26. The Balaban J connectivity index is 2.30. The molecule has 87 valence electrons. The summed E-state index contributed by atoms with van der Waals surface area (Å²) in [5, 5.41) is 0. The molecule has 3 heteroatoms. The molecule has 0 bridgehead atoms. The van der Waals surface area contributed by atoms with Crippen LogP contribution < -0.4 is 0 Å². The van der Waals surface area contributed by atoms with Crippen LogP contribution in [-0.4, -0.2) is 16.7 Å². The smallest absolute Gasteiger partial charge is 0.254 e. The van der Waals surface area contributed by atoms with E-state index in [9.17, 15) is 9.59 Å². The molecular weight excluding hydrogens is 214 g/mol. The fourth-order valence-electron chi connectivity index (χ4n) is 2.03. The number of rotatable bonds is 4. The minimum absolute atomic E-state index is 0.205. The van der Waals surface area contributed by atoms with E-state index in [1.807, 2.05) is 30.3 Å². The molecule has 1 atom stereocenters. The summed E-state index contributed by atoms with van der Waals surface area (Å²) in [5.41, 5.74) is 0.974. The predicted molar refractivity (Wildman–Crippen MR) is 64.8 cm³/mol. The van der Waals surface area contributed by atoms with Crippen LogP contribution in [0.4, 0.5) is 0 Å². The first-order valence-corrected chi connectivity index (χ1v) is 5.63. The maximum absolute atomic E-state index is 11.7. The zero-order chi connectivity index (χ0) is 12.3. The molecular formula is C14H14NO2. The molecule has 0 aromatic heterocycles. The number of benzene rings is 1. The normalized spacial score (nSPS) is 16.6. The third kappa shape index (κ3) is 2.28. The molecule has 1 radical (unpaired) electrons. The van der Waals surface area contributed by atoms with Crippen LogP contribution in [-0.2, 0) is 9.59 Å². The maximum atomic E-state index is 11.7. The van der Waals surface area contributed by atoms with Crippen molar-refractivity contribution in [3.05, 3.63) is 55.0 Å². The molecule has 3 nitrogen and oxygen atoms in total. The molecule has 0 spiro atoms. The van der Waals surface area contributed by atoms with Gasteiger partial charge in [-0.15, -0.1) is 0 Å². The van der Waals surface area contributed by atoms with E-state index >= 15 is 0 Å². The van der Waals surface area contributed by atoms with Gasteiger partial charge in [-0.3, -0.25) is 14.5 Å². The molecule has 0 saturated heterocycles. The maximum Gasteiger partial charge on any atom is 0.254 e. The zero-order valence-electron chi connectivity index (χ0n) is 9.50. The van der Waals surface area contributed by atoms with Crippen LogP contribution in [0.15, 0.2) is 42.5 Å². The topological polar surface area (TPSA) is 37.4 Å². The molecule has 0 fully saturated rings. The van der Waals surface area contributed by atoms with Gasteiger partial charge in [0, 0.05) is 12.2 Å². The average Bonchev–Trinajstić information content (AvgIpc) is 2.68. The summed E-state index contributed by atoms with van der Waals surface area (Å²) >= 11 is 0. The van der Waals surface area contributed by atoms with E-state index in [0.29, 0.717) is 12.8 Å². The number of nitrogens with zero attached hydrogens (tertiary/aromatic N) is 1. The third-order valence-corrected chi connectivity index (χ3v) is 2.82. The van der Waals surface area contributed by atoms with Crippen LogP contribution in [0, 0.1) is 6.92 Å². The highest BCUT2D eigenvalue weighted by Gasteiger charge is 2.31. The van der Waals surface area contributed by atoms with Crippen molar-refractivity contribution in [2.24, 2.45) is 0 Å². The Morgan fingerprint density at radius 1 is 1.06 bits per heavy atom. The van der Waals surface area contributed by atoms with Crippen molar-refractivity contribution in [2.45, 2.75) is 18.9 Å². The van der Waals surface area contributed by atoms with Gasteiger partial charge in [-0.2, -0.15) is 0 Å². The van der Waals surface area contributed by atoms with E-state index in [2.05, 4.69) is 6.92 Å². The quantitative estimate of drug-likeness (QED) is 0.741. The van der Waals surface area contributed by atoms with Crippen LogP contribution >= 0.6 is 0 Å². The second-order valence-corrected chi connectivity index (χ2v) is 3.95. The van der Waals surface area contributed by atoms with E-state index in [0.717, 1.165) is 5.56 Å². The van der Waals surface area contributed by atoms with Crippen LogP contribution in [0.25, 0.3) is 0 Å². The Kier molecular flexibility index (Phi) is 3.38. The van der Waals surface area contributed by atoms with Crippen molar-refractivity contribution >= 4 is 11.8 Å². The SMILES string of the molecule is [CH2]CCC(c1ccccc1)N1C(=O)C=CC1=O. The average molecular weight is 228 g/mol. The lowest BCUT2D eigenvalue weighted by atomic mass is 10.0. The summed E-state index contributed by atoms with van der Waals surface area (Å²) in [7, 11) is 0. The monoisotopic (exact) mass is 228 g/mol. The van der Waals surface area contributed by atoms with Gasteiger partial charge in [0.05, 0.1) is 6.04 Å². The highest BCUT2D eigenvalue weighted by molar-refractivity contribution is 6.13. The van der Waals surface area contributed by atoms with Crippen molar-refractivity contribution < 1.29 is 9.59 Å². The van der Waals surface area contributed by atoms with Crippen LogP contribution in [0.3, 0.4) is 0 Å². The van der Waals surface area contributed by atoms with Gasteiger partial charge in [0.1, 0.15) is 0 Å². The van der Waals surface area contributed by atoms with Crippen LogP contribution in [0.2, 0.25) is 0 Å². The molecule has 1 unspecified atom stereocenters. The van der Waals surface area contributed by atoms with Gasteiger partial charge in [-0.05, 0) is 12.0 Å². The lowest BCUT2D eigenvalue weighted by Crippen LogP contribution is -2.34. The molecule has 2 amide bonds. The van der Waals surface area contributed by atoms with Crippen molar-refractivity contribution in [2.75, 3.05) is 0 Å². The molecule has 1 aliphatic heterocycles. The zero-order valence-corrected chi connectivity index (χ0v) is 9.50. The van der Waals surface area contributed by atoms with Crippen molar-refractivity contribution in [1.29, 1.82) is 0 Å². The second kappa shape index (κ2) is 4.95. The Morgan fingerprint density at radius 3 is 2.18 bits per heavy atom. The Bertz CT molecular complexity index is 433. The number of amides is 2. The molecule has 1 aromatic rings. The van der Waals surface area contributed by atoms with Crippen LogP contribution in [0.1, 0.15) is 24.4 Å². The summed E-state index contributed by atoms with van der Waals surface area (Å²) in [4.78, 5) is 24.7.